The van der Waals surface area contributed by atoms with Crippen LogP contribution in [0.2, 0.25) is 0 Å². The van der Waals surface area contributed by atoms with Crippen molar-refractivity contribution in [2.24, 2.45) is 0 Å². The summed E-state index contributed by atoms with van der Waals surface area (Å²) in [5.74, 6) is -0.937. The van der Waals surface area contributed by atoms with E-state index in [1.54, 1.807) is 6.92 Å². The van der Waals surface area contributed by atoms with Crippen LogP contribution in [0.1, 0.15) is 23.2 Å². The molecular weight excluding hydrogens is 270 g/mol. The second-order valence-electron chi connectivity index (χ2n) is 3.06. The first-order chi connectivity index (χ1) is 9.24. The number of carbonyl (C=O) groups excluding carboxylic acids is 1. The first-order valence-corrected chi connectivity index (χ1v) is 5.96. The zero-order valence-electron chi connectivity index (χ0n) is 9.73. The smallest absolute Gasteiger partial charge is 0.396 e. The highest BCUT2D eigenvalue weighted by molar-refractivity contribution is 7.99. The van der Waals surface area contributed by atoms with Crippen molar-refractivity contribution in [3.05, 3.63) is 23.7 Å². The van der Waals surface area contributed by atoms with Crippen LogP contribution in [0.3, 0.4) is 0 Å². The predicted octanol–water partition coefficient (Wildman–Crippen LogP) is 1.06. The van der Waals surface area contributed by atoms with E-state index < -0.39 is 5.97 Å². The third kappa shape index (κ3) is 3.05. The van der Waals surface area contributed by atoms with Crippen LogP contribution in [0.5, 0.6) is 0 Å². The van der Waals surface area contributed by atoms with E-state index in [9.17, 15) is 4.79 Å². The molecule has 0 aromatic carbocycles. The monoisotopic (exact) mass is 277 g/mol. The summed E-state index contributed by atoms with van der Waals surface area (Å²) in [4.78, 5) is 11.3. The van der Waals surface area contributed by atoms with Crippen LogP contribution >= 0.6 is 11.8 Å². The van der Waals surface area contributed by atoms with Gasteiger partial charge in [0, 0.05) is 0 Å². The largest absolute Gasteiger partial charge is 0.459 e. The van der Waals surface area contributed by atoms with Crippen LogP contribution < -0.4 is 0 Å². The molecule has 2 rings (SSSR count). The molecule has 0 amide bonds. The molecule has 0 saturated carbocycles. The topological polar surface area (TPSA) is 115 Å². The number of rotatable bonds is 4. The predicted molar refractivity (Wildman–Crippen MR) is 61.1 cm³/mol. The van der Waals surface area contributed by atoms with Crippen molar-refractivity contribution in [1.82, 2.24) is 20.4 Å². The standard InChI is InChI=1S/C10H7N5O3S/c1-2-17-9(16)7-13-15-10(18-7)19-8-6(5-11)3-4-12-14-8/h3-4H,2H2,1H3. The third-order valence-electron chi connectivity index (χ3n) is 1.85. The lowest BCUT2D eigenvalue weighted by Gasteiger charge is -1.96. The van der Waals surface area contributed by atoms with E-state index in [4.69, 9.17) is 14.4 Å². The molecule has 2 heterocycles. The SMILES string of the molecule is CCOC(=O)c1nnc(Sc2nnccc2C#N)o1. The van der Waals surface area contributed by atoms with Gasteiger partial charge >= 0.3 is 11.9 Å². The van der Waals surface area contributed by atoms with Gasteiger partial charge in [0.15, 0.2) is 0 Å². The van der Waals surface area contributed by atoms with Gasteiger partial charge in [0.2, 0.25) is 0 Å². The Kier molecular flexibility index (Phi) is 4.04. The second kappa shape index (κ2) is 5.92. The van der Waals surface area contributed by atoms with Crippen molar-refractivity contribution >= 4 is 17.7 Å². The van der Waals surface area contributed by atoms with Crippen molar-refractivity contribution in [3.63, 3.8) is 0 Å². The molecule has 0 N–H and O–H groups in total. The van der Waals surface area contributed by atoms with E-state index in [1.165, 1.54) is 12.3 Å². The fraction of sp³-hybridized carbons (Fsp3) is 0.200. The van der Waals surface area contributed by atoms with E-state index in [2.05, 4.69) is 20.4 Å². The van der Waals surface area contributed by atoms with E-state index >= 15 is 0 Å². The Morgan fingerprint density at radius 2 is 2.37 bits per heavy atom. The Morgan fingerprint density at radius 1 is 1.53 bits per heavy atom. The molecule has 0 spiro atoms. The molecule has 2 aromatic heterocycles. The normalized spacial score (nSPS) is 9.89. The Hall–Kier alpha value is -2.47. The second-order valence-corrected chi connectivity index (χ2v) is 4.00. The average molecular weight is 277 g/mol. The first-order valence-electron chi connectivity index (χ1n) is 5.15. The zero-order valence-corrected chi connectivity index (χ0v) is 10.5. The van der Waals surface area contributed by atoms with Gasteiger partial charge in [-0.2, -0.15) is 10.4 Å². The molecular formula is C10H7N5O3S. The molecule has 0 aliphatic heterocycles. The fourth-order valence-electron chi connectivity index (χ4n) is 1.09. The highest BCUT2D eigenvalue weighted by Gasteiger charge is 2.18. The molecule has 0 atom stereocenters. The molecule has 0 unspecified atom stereocenters. The van der Waals surface area contributed by atoms with Gasteiger partial charge in [0.1, 0.15) is 11.1 Å². The summed E-state index contributed by atoms with van der Waals surface area (Å²) in [6, 6.07) is 3.47. The van der Waals surface area contributed by atoms with Gasteiger partial charge in [0.05, 0.1) is 18.4 Å². The van der Waals surface area contributed by atoms with Gasteiger partial charge in [0.25, 0.3) is 5.22 Å². The van der Waals surface area contributed by atoms with Gasteiger partial charge in [-0.3, -0.25) is 0 Å². The Balaban J connectivity index is 2.16. The quantitative estimate of drug-likeness (QED) is 0.756. The summed E-state index contributed by atoms with van der Waals surface area (Å²) in [6.07, 6.45) is 1.40. The van der Waals surface area contributed by atoms with E-state index in [-0.39, 0.29) is 17.7 Å². The highest BCUT2D eigenvalue weighted by atomic mass is 32.2. The number of hydrogen-bond acceptors (Lipinski definition) is 9. The molecule has 0 saturated heterocycles. The Bertz CT molecular complexity index is 636. The van der Waals surface area contributed by atoms with Gasteiger partial charge < -0.3 is 9.15 Å². The number of nitrogens with zero attached hydrogens (tertiary/aromatic N) is 5. The number of aromatic nitrogens is 4. The number of esters is 1. The van der Waals surface area contributed by atoms with Crippen molar-refractivity contribution in [2.45, 2.75) is 17.2 Å². The van der Waals surface area contributed by atoms with Gasteiger partial charge in [-0.25, -0.2) is 4.79 Å². The van der Waals surface area contributed by atoms with Crippen LogP contribution in [0.15, 0.2) is 26.9 Å². The van der Waals surface area contributed by atoms with Crippen LogP contribution in [0.25, 0.3) is 0 Å². The summed E-state index contributed by atoms with van der Waals surface area (Å²) in [7, 11) is 0. The summed E-state index contributed by atoms with van der Waals surface area (Å²) >= 11 is 0.951. The molecule has 0 aliphatic carbocycles. The van der Waals surface area contributed by atoms with Crippen molar-refractivity contribution in [1.29, 1.82) is 5.26 Å². The Morgan fingerprint density at radius 3 is 3.11 bits per heavy atom. The third-order valence-corrected chi connectivity index (χ3v) is 2.68. The number of hydrogen-bond donors (Lipinski definition) is 0. The summed E-state index contributed by atoms with van der Waals surface area (Å²) < 4.78 is 9.80. The van der Waals surface area contributed by atoms with Gasteiger partial charge in [-0.15, -0.1) is 10.2 Å². The van der Waals surface area contributed by atoms with E-state index in [0.717, 1.165) is 11.8 Å². The lowest BCUT2D eigenvalue weighted by Crippen LogP contribution is -2.04. The average Bonchev–Trinajstić information content (AvgIpc) is 2.88. The molecule has 8 nitrogen and oxygen atoms in total. The fourth-order valence-corrected chi connectivity index (χ4v) is 1.77. The molecule has 96 valence electrons. The van der Waals surface area contributed by atoms with E-state index in [1.807, 2.05) is 6.07 Å². The minimum atomic E-state index is -0.693. The van der Waals surface area contributed by atoms with Gasteiger partial charge in [-0.05, 0) is 24.8 Å². The van der Waals surface area contributed by atoms with Gasteiger partial charge in [-0.1, -0.05) is 5.10 Å². The maximum Gasteiger partial charge on any atom is 0.396 e. The van der Waals surface area contributed by atoms with Crippen molar-refractivity contribution < 1.29 is 13.9 Å². The molecule has 0 aliphatic rings. The summed E-state index contributed by atoms with van der Waals surface area (Å²) in [6.45, 7) is 1.88. The summed E-state index contributed by atoms with van der Waals surface area (Å²) in [5.41, 5.74) is 0.330. The maximum atomic E-state index is 11.3. The molecule has 9 heteroatoms. The van der Waals surface area contributed by atoms with Crippen LogP contribution in [0.4, 0.5) is 0 Å². The lowest BCUT2D eigenvalue weighted by molar-refractivity contribution is 0.0475. The number of nitriles is 1. The Labute approximate surface area is 111 Å². The van der Waals surface area contributed by atoms with E-state index in [0.29, 0.717) is 10.6 Å². The maximum absolute atomic E-state index is 11.3. The van der Waals surface area contributed by atoms with Crippen molar-refractivity contribution in [2.75, 3.05) is 6.61 Å². The lowest BCUT2D eigenvalue weighted by atomic mass is 10.3. The van der Waals surface area contributed by atoms with Crippen LogP contribution in [0, 0.1) is 11.3 Å². The highest BCUT2D eigenvalue weighted by Crippen LogP contribution is 2.26. The minimum absolute atomic E-state index is 0.0834. The van der Waals surface area contributed by atoms with Crippen molar-refractivity contribution in [3.8, 4) is 6.07 Å². The number of ether oxygens (including phenoxy) is 1. The molecule has 0 fully saturated rings. The molecule has 2 aromatic rings. The number of carbonyl (C=O) groups is 1. The first kappa shape index (κ1) is 13.0. The molecule has 0 radical (unpaired) electrons. The zero-order chi connectivity index (χ0) is 13.7. The summed E-state index contributed by atoms with van der Waals surface area (Å²) in [5, 5.41) is 23.9. The van der Waals surface area contributed by atoms with Crippen LogP contribution in [-0.2, 0) is 4.74 Å². The minimum Gasteiger partial charge on any atom is -0.459 e. The molecule has 0 bridgehead atoms. The van der Waals surface area contributed by atoms with Crippen LogP contribution in [-0.4, -0.2) is 33.0 Å². The molecule has 19 heavy (non-hydrogen) atoms.